The van der Waals surface area contributed by atoms with E-state index in [2.05, 4.69) is 109 Å². The number of halogens is 1. The van der Waals surface area contributed by atoms with E-state index < -0.39 is 7.12 Å². The van der Waals surface area contributed by atoms with Crippen molar-refractivity contribution >= 4 is 71.6 Å². The number of aryl methyl sites for hydroxylation is 2. The highest BCUT2D eigenvalue weighted by molar-refractivity contribution is 9.10. The second kappa shape index (κ2) is 18.2. The predicted molar refractivity (Wildman–Crippen MR) is 217 cm³/mol. The first-order valence-electron chi connectivity index (χ1n) is 16.8. The van der Waals surface area contributed by atoms with Crippen molar-refractivity contribution in [2.45, 2.75) is 39.5 Å². The number of fused-ring (bicyclic) bond motifs is 2. The third-order valence-electron chi connectivity index (χ3n) is 8.09. The molecule has 0 saturated carbocycles. The fourth-order valence-electron chi connectivity index (χ4n) is 5.33. The van der Waals surface area contributed by atoms with Gasteiger partial charge in [0, 0.05) is 65.9 Å². The number of hydrogen-bond acceptors (Lipinski definition) is 10. The zero-order chi connectivity index (χ0) is 36.3. The van der Waals surface area contributed by atoms with Crippen molar-refractivity contribution in [1.29, 1.82) is 0 Å². The minimum Gasteiger partial charge on any atom is -0.423 e. The maximum atomic E-state index is 8.55. The lowest BCUT2D eigenvalue weighted by atomic mass is 9.81. The van der Waals surface area contributed by atoms with Gasteiger partial charge in [0.15, 0.2) is 0 Å². The van der Waals surface area contributed by atoms with E-state index in [1.54, 1.807) is 34.8 Å². The Morgan fingerprint density at radius 3 is 1.62 bits per heavy atom. The first-order chi connectivity index (χ1) is 25.4. The summed E-state index contributed by atoms with van der Waals surface area (Å²) in [5.41, 5.74) is 9.79. The van der Waals surface area contributed by atoms with Crippen LogP contribution < -0.4 is 5.46 Å². The monoisotopic (exact) mass is 786 g/mol. The third-order valence-corrected chi connectivity index (χ3v) is 10.6. The summed E-state index contributed by atoms with van der Waals surface area (Å²) in [5, 5.41) is 19.3. The number of hydrogen-bond donors (Lipinski definition) is 2. The molecule has 0 amide bonds. The molecule has 0 aliphatic rings. The van der Waals surface area contributed by atoms with Gasteiger partial charge >= 0.3 is 7.12 Å². The molecule has 6 heterocycles. The molecule has 0 unspecified atom stereocenters. The molecule has 0 aliphatic carbocycles. The van der Waals surface area contributed by atoms with Crippen molar-refractivity contribution in [2.75, 3.05) is 0 Å². The van der Waals surface area contributed by atoms with Crippen LogP contribution in [-0.2, 0) is 25.7 Å². The minimum absolute atomic E-state index is 0.463. The summed E-state index contributed by atoms with van der Waals surface area (Å²) < 4.78 is 3.53. The molecule has 6 aromatic heterocycles. The van der Waals surface area contributed by atoms with Crippen LogP contribution >= 0.6 is 38.6 Å². The number of rotatable bonds is 8. The summed E-state index contributed by atoms with van der Waals surface area (Å²) in [4.78, 5) is 26.1. The van der Waals surface area contributed by atoms with Gasteiger partial charge in [-0.1, -0.05) is 35.8 Å². The molecule has 0 radical (unpaired) electrons. The summed E-state index contributed by atoms with van der Waals surface area (Å²) in [5.74, 6) is 0. The van der Waals surface area contributed by atoms with Gasteiger partial charge in [0.25, 0.3) is 0 Å². The van der Waals surface area contributed by atoms with Gasteiger partial charge < -0.3 is 10.0 Å². The van der Waals surface area contributed by atoms with E-state index in [-0.39, 0.29) is 0 Å². The molecule has 0 saturated heterocycles. The lowest BCUT2D eigenvalue weighted by molar-refractivity contribution is 0.425. The lowest BCUT2D eigenvalue weighted by Crippen LogP contribution is -2.29. The van der Waals surface area contributed by atoms with Crippen LogP contribution in [0.15, 0.2) is 127 Å². The van der Waals surface area contributed by atoms with E-state index in [0.717, 1.165) is 62.6 Å². The lowest BCUT2D eigenvalue weighted by Gasteiger charge is -2.00. The average Bonchev–Trinajstić information content (AvgIpc) is 3.78. The Hall–Kier alpha value is -4.72. The summed E-state index contributed by atoms with van der Waals surface area (Å²) in [6.45, 7) is 4.33. The number of thiazole rings is 2. The molecule has 52 heavy (non-hydrogen) atoms. The van der Waals surface area contributed by atoms with Gasteiger partial charge in [-0.2, -0.15) is 0 Å². The number of benzene rings is 2. The van der Waals surface area contributed by atoms with Gasteiger partial charge in [0.2, 0.25) is 0 Å². The Morgan fingerprint density at radius 1 is 0.577 bits per heavy atom. The predicted octanol–water partition coefficient (Wildman–Crippen LogP) is 8.27. The molecular formula is C40H36BBrN6O2S2. The Bertz CT molecular complexity index is 2360. The van der Waals surface area contributed by atoms with Crippen LogP contribution in [0.1, 0.15) is 46.4 Å². The van der Waals surface area contributed by atoms with Gasteiger partial charge in [-0.15, -0.1) is 22.7 Å². The van der Waals surface area contributed by atoms with Gasteiger partial charge in [0.05, 0.1) is 30.4 Å². The van der Waals surface area contributed by atoms with E-state index in [0.29, 0.717) is 5.46 Å². The second-order valence-corrected chi connectivity index (χ2v) is 14.9. The molecule has 0 aliphatic heterocycles. The van der Waals surface area contributed by atoms with Crippen molar-refractivity contribution < 1.29 is 10.0 Å². The van der Waals surface area contributed by atoms with Crippen molar-refractivity contribution in [1.82, 2.24) is 29.9 Å². The van der Waals surface area contributed by atoms with E-state index in [1.165, 1.54) is 44.0 Å². The molecule has 260 valence electrons. The first-order valence-corrected chi connectivity index (χ1v) is 19.3. The van der Waals surface area contributed by atoms with Crippen LogP contribution in [-0.4, -0.2) is 47.1 Å². The summed E-state index contributed by atoms with van der Waals surface area (Å²) in [6, 6.07) is 28.3. The van der Waals surface area contributed by atoms with Crippen LogP contribution in [0.5, 0.6) is 0 Å². The van der Waals surface area contributed by atoms with E-state index in [4.69, 9.17) is 15.0 Å². The van der Waals surface area contributed by atoms with Gasteiger partial charge in [0.1, 0.15) is 0 Å². The number of nitrogens with zero attached hydrogens (tertiary/aromatic N) is 6. The molecule has 8 rings (SSSR count). The molecule has 0 atom stereocenters. The SMILES string of the molecule is CCc1ccnc(Cc2nc3ccc(-c4ccncc4)cc3s2)c1.CCc1ccnc(Cc2nc3ccc(Br)cc3s2)c1.OB(O)c1ccncc1. The van der Waals surface area contributed by atoms with Crippen molar-refractivity contribution in [3.63, 3.8) is 0 Å². The standard InChI is InChI=1S/C20H17N3S.C15H13BrN2S.C5H6BNO2/c1-2-14-5-10-22-17(11-14)13-20-23-18-4-3-16(12-19(18)24-20)15-6-8-21-9-7-15;1-2-10-5-6-17-12(7-10)9-15-18-13-4-3-11(16)8-14(13)19-15;8-6(9)5-1-3-7-4-2-5/h3-12H,2,13H2,1H3;3-8H,2,9H2,1H3;1-4,8-9H. The molecule has 0 fully saturated rings. The van der Waals surface area contributed by atoms with E-state index in [1.807, 2.05) is 43.0 Å². The molecule has 8 aromatic rings. The van der Waals surface area contributed by atoms with E-state index in [9.17, 15) is 0 Å². The average molecular weight is 788 g/mol. The molecule has 8 nitrogen and oxygen atoms in total. The van der Waals surface area contributed by atoms with Gasteiger partial charge in [-0.3, -0.25) is 19.9 Å². The fraction of sp³-hybridized carbons (Fsp3) is 0.150. The van der Waals surface area contributed by atoms with Gasteiger partial charge in [-0.25, -0.2) is 9.97 Å². The van der Waals surface area contributed by atoms with Crippen molar-refractivity contribution in [3.8, 4) is 11.1 Å². The Balaban J connectivity index is 0.000000147. The first kappa shape index (κ1) is 37.1. The van der Waals surface area contributed by atoms with Crippen LogP contribution in [0, 0.1) is 0 Å². The highest BCUT2D eigenvalue weighted by atomic mass is 79.9. The molecule has 12 heteroatoms. The van der Waals surface area contributed by atoms with Gasteiger partial charge in [-0.05, 0) is 119 Å². The highest BCUT2D eigenvalue weighted by Crippen LogP contribution is 2.29. The largest absolute Gasteiger partial charge is 0.488 e. The maximum absolute atomic E-state index is 8.55. The normalized spacial score (nSPS) is 10.7. The van der Waals surface area contributed by atoms with Crippen LogP contribution in [0.3, 0.4) is 0 Å². The van der Waals surface area contributed by atoms with Crippen LogP contribution in [0.2, 0.25) is 0 Å². The molecule has 0 bridgehead atoms. The molecule has 2 aromatic carbocycles. The fourth-order valence-corrected chi connectivity index (χ4v) is 7.89. The zero-order valence-electron chi connectivity index (χ0n) is 28.7. The summed E-state index contributed by atoms with van der Waals surface area (Å²) in [7, 11) is -1.38. The molecular weight excluding hydrogens is 751 g/mol. The highest BCUT2D eigenvalue weighted by Gasteiger charge is 2.10. The van der Waals surface area contributed by atoms with Crippen LogP contribution in [0.4, 0.5) is 0 Å². The van der Waals surface area contributed by atoms with Crippen molar-refractivity contribution in [2.24, 2.45) is 0 Å². The number of aromatic nitrogens is 6. The summed E-state index contributed by atoms with van der Waals surface area (Å²) in [6.07, 6.45) is 14.1. The van der Waals surface area contributed by atoms with Crippen molar-refractivity contribution in [3.05, 3.63) is 159 Å². The van der Waals surface area contributed by atoms with Crippen LogP contribution in [0.25, 0.3) is 31.6 Å². The smallest absolute Gasteiger partial charge is 0.423 e. The Labute approximate surface area is 319 Å². The second-order valence-electron chi connectivity index (χ2n) is 11.8. The van der Waals surface area contributed by atoms with E-state index >= 15 is 0 Å². The summed E-state index contributed by atoms with van der Waals surface area (Å²) >= 11 is 6.98. The quantitative estimate of drug-likeness (QED) is 0.148. The Morgan fingerprint density at radius 2 is 1.10 bits per heavy atom. The topological polar surface area (TPSA) is 118 Å². The maximum Gasteiger partial charge on any atom is 0.488 e. The zero-order valence-corrected chi connectivity index (χ0v) is 31.9. The minimum atomic E-state index is -1.38. The number of pyridine rings is 4. The third kappa shape index (κ3) is 10.2. The molecule has 0 spiro atoms. The molecule has 2 N–H and O–H groups in total. The Kier molecular flexibility index (Phi) is 12.9.